The lowest BCUT2D eigenvalue weighted by Crippen LogP contribution is -2.19. The van der Waals surface area contributed by atoms with Crippen LogP contribution in [0.3, 0.4) is 0 Å². The molecule has 0 radical (unpaired) electrons. The molecule has 32 heavy (non-hydrogen) atoms. The molecule has 0 saturated carbocycles. The summed E-state index contributed by atoms with van der Waals surface area (Å²) in [6.07, 6.45) is 1.56. The van der Waals surface area contributed by atoms with Crippen molar-refractivity contribution in [3.8, 4) is 16.1 Å². The highest BCUT2D eigenvalue weighted by Gasteiger charge is 2.12. The summed E-state index contributed by atoms with van der Waals surface area (Å²) in [7, 11) is 0. The fourth-order valence-electron chi connectivity index (χ4n) is 3.47. The number of hydrogen-bond acceptors (Lipinski definition) is 5. The maximum Gasteiger partial charge on any atom is 0.275 e. The molecule has 5 rings (SSSR count). The van der Waals surface area contributed by atoms with Crippen molar-refractivity contribution < 1.29 is 4.79 Å². The first kappa shape index (κ1) is 20.4. The molecule has 3 aromatic heterocycles. The predicted molar refractivity (Wildman–Crippen MR) is 128 cm³/mol. The molecule has 0 aliphatic heterocycles. The molecule has 0 atom stereocenters. The van der Waals surface area contributed by atoms with Crippen LogP contribution in [0.5, 0.6) is 0 Å². The van der Waals surface area contributed by atoms with Gasteiger partial charge in [-0.1, -0.05) is 29.8 Å². The van der Waals surface area contributed by atoms with E-state index >= 15 is 0 Å². The number of thiophene rings is 1. The number of fused-ring (bicyclic) bond motifs is 2. The molecule has 0 aliphatic carbocycles. The molecular formula is C24H17ClN4O2S. The number of benzene rings is 2. The Labute approximate surface area is 192 Å². The number of carbonyl (C=O) groups excluding carboxylic acids is 1. The van der Waals surface area contributed by atoms with Crippen molar-refractivity contribution in [2.75, 3.05) is 0 Å². The Balaban J connectivity index is 1.52. The fourth-order valence-corrected chi connectivity index (χ4v) is 4.64. The summed E-state index contributed by atoms with van der Waals surface area (Å²) < 4.78 is 2.15. The van der Waals surface area contributed by atoms with Gasteiger partial charge in [-0.25, -0.2) is 4.98 Å². The predicted octanol–water partition coefficient (Wildman–Crippen LogP) is 4.95. The van der Waals surface area contributed by atoms with E-state index in [1.54, 1.807) is 10.9 Å². The van der Waals surface area contributed by atoms with Crippen LogP contribution < -0.4 is 10.9 Å². The van der Waals surface area contributed by atoms with Crippen LogP contribution in [0.1, 0.15) is 12.6 Å². The SMILES string of the molecule is CC(=O)NCc1ccc2cc(-n3cnc4cc(-c5ccc(Cl)cc5)sc4c3=O)ccc2n1. The summed E-state index contributed by atoms with van der Waals surface area (Å²) >= 11 is 7.41. The third-order valence-electron chi connectivity index (χ3n) is 5.09. The maximum absolute atomic E-state index is 13.2. The van der Waals surface area contributed by atoms with Crippen molar-refractivity contribution in [1.82, 2.24) is 19.9 Å². The van der Waals surface area contributed by atoms with Crippen LogP contribution >= 0.6 is 22.9 Å². The third-order valence-corrected chi connectivity index (χ3v) is 6.51. The molecule has 6 nitrogen and oxygen atoms in total. The van der Waals surface area contributed by atoms with Crippen molar-refractivity contribution in [1.29, 1.82) is 0 Å². The first-order chi connectivity index (χ1) is 15.5. The second kappa shape index (κ2) is 8.18. The second-order valence-corrected chi connectivity index (χ2v) is 8.83. The molecule has 0 aliphatic rings. The number of hydrogen-bond donors (Lipinski definition) is 1. The zero-order chi connectivity index (χ0) is 22.2. The van der Waals surface area contributed by atoms with Gasteiger partial charge in [-0.05, 0) is 48.0 Å². The average Bonchev–Trinajstić information content (AvgIpc) is 3.23. The van der Waals surface area contributed by atoms with Gasteiger partial charge in [-0.3, -0.25) is 19.1 Å². The summed E-state index contributed by atoms with van der Waals surface area (Å²) in [4.78, 5) is 34.4. The van der Waals surface area contributed by atoms with Gasteiger partial charge in [0.15, 0.2) is 0 Å². The van der Waals surface area contributed by atoms with E-state index in [0.717, 1.165) is 32.7 Å². The van der Waals surface area contributed by atoms with Crippen LogP contribution in [0.25, 0.3) is 37.2 Å². The maximum atomic E-state index is 13.2. The number of halogens is 1. The van der Waals surface area contributed by atoms with Gasteiger partial charge in [0.25, 0.3) is 5.56 Å². The number of pyridine rings is 1. The highest BCUT2D eigenvalue weighted by atomic mass is 35.5. The minimum absolute atomic E-state index is 0.0997. The van der Waals surface area contributed by atoms with Gasteiger partial charge in [0.05, 0.1) is 29.0 Å². The van der Waals surface area contributed by atoms with Gasteiger partial charge >= 0.3 is 0 Å². The van der Waals surface area contributed by atoms with E-state index in [9.17, 15) is 9.59 Å². The molecule has 1 N–H and O–H groups in total. The first-order valence-electron chi connectivity index (χ1n) is 9.89. The first-order valence-corrected chi connectivity index (χ1v) is 11.1. The normalized spacial score (nSPS) is 11.2. The van der Waals surface area contributed by atoms with Crippen molar-refractivity contribution >= 4 is 50.0 Å². The standard InChI is InChI=1S/C24H17ClN4O2S/c1-14(30)26-12-18-7-4-16-10-19(8-9-20(16)28-18)29-13-27-21-11-22(32-23(21)24(29)31)15-2-5-17(25)6-3-15/h2-11,13H,12H2,1H3,(H,26,30). The zero-order valence-electron chi connectivity index (χ0n) is 17.0. The number of nitrogens with one attached hydrogen (secondary N) is 1. The van der Waals surface area contributed by atoms with E-state index in [-0.39, 0.29) is 11.5 Å². The largest absolute Gasteiger partial charge is 0.351 e. The molecule has 0 saturated heterocycles. The van der Waals surface area contributed by atoms with Crippen LogP contribution in [-0.2, 0) is 11.3 Å². The van der Waals surface area contributed by atoms with Gasteiger partial charge in [-0.2, -0.15) is 0 Å². The number of carbonyl (C=O) groups is 1. The monoisotopic (exact) mass is 460 g/mol. The van der Waals surface area contributed by atoms with E-state index in [0.29, 0.717) is 21.8 Å². The Morgan fingerprint density at radius 2 is 1.88 bits per heavy atom. The minimum Gasteiger partial charge on any atom is -0.351 e. The van der Waals surface area contributed by atoms with Crippen LogP contribution in [0.2, 0.25) is 5.02 Å². The van der Waals surface area contributed by atoms with Crippen molar-refractivity contribution in [2.24, 2.45) is 0 Å². The average molecular weight is 461 g/mol. The molecular weight excluding hydrogens is 444 g/mol. The molecule has 3 heterocycles. The molecule has 0 fully saturated rings. The van der Waals surface area contributed by atoms with Crippen molar-refractivity contribution in [3.05, 3.63) is 88.1 Å². The number of rotatable bonds is 4. The smallest absolute Gasteiger partial charge is 0.275 e. The van der Waals surface area contributed by atoms with Gasteiger partial charge in [0, 0.05) is 22.2 Å². The summed E-state index contributed by atoms with van der Waals surface area (Å²) in [6.45, 7) is 1.85. The van der Waals surface area contributed by atoms with Crippen LogP contribution in [0.15, 0.2) is 71.8 Å². The highest BCUT2D eigenvalue weighted by molar-refractivity contribution is 7.22. The Hall–Kier alpha value is -3.55. The van der Waals surface area contributed by atoms with Gasteiger partial charge in [-0.15, -0.1) is 11.3 Å². The zero-order valence-corrected chi connectivity index (χ0v) is 18.6. The Morgan fingerprint density at radius 3 is 2.66 bits per heavy atom. The molecule has 0 spiro atoms. The minimum atomic E-state index is -0.116. The molecule has 8 heteroatoms. The molecule has 5 aromatic rings. The Morgan fingerprint density at radius 1 is 1.06 bits per heavy atom. The van der Waals surface area contributed by atoms with E-state index in [2.05, 4.69) is 15.3 Å². The molecule has 0 bridgehead atoms. The lowest BCUT2D eigenvalue weighted by Gasteiger charge is -2.08. The Kier molecular flexibility index (Phi) is 5.20. The topological polar surface area (TPSA) is 76.9 Å². The van der Waals surface area contributed by atoms with E-state index in [1.807, 2.05) is 60.7 Å². The lowest BCUT2D eigenvalue weighted by atomic mass is 10.1. The van der Waals surface area contributed by atoms with E-state index in [4.69, 9.17) is 11.6 Å². The number of amides is 1. The number of nitrogens with zero attached hydrogens (tertiary/aromatic N) is 3. The van der Waals surface area contributed by atoms with Crippen molar-refractivity contribution in [2.45, 2.75) is 13.5 Å². The van der Waals surface area contributed by atoms with Gasteiger partial charge < -0.3 is 5.32 Å². The Bertz CT molecular complexity index is 1540. The quantitative estimate of drug-likeness (QED) is 0.411. The van der Waals surface area contributed by atoms with Crippen molar-refractivity contribution in [3.63, 3.8) is 0 Å². The van der Waals surface area contributed by atoms with Crippen LogP contribution in [0.4, 0.5) is 0 Å². The molecule has 0 unspecified atom stereocenters. The lowest BCUT2D eigenvalue weighted by molar-refractivity contribution is -0.119. The van der Waals surface area contributed by atoms with Crippen LogP contribution in [-0.4, -0.2) is 20.4 Å². The molecule has 158 valence electrons. The third kappa shape index (κ3) is 3.88. The van der Waals surface area contributed by atoms with Gasteiger partial charge in [0.2, 0.25) is 5.91 Å². The molecule has 1 amide bonds. The second-order valence-electron chi connectivity index (χ2n) is 7.34. The van der Waals surface area contributed by atoms with E-state index < -0.39 is 0 Å². The fraction of sp³-hybridized carbons (Fsp3) is 0.0833. The summed E-state index contributed by atoms with van der Waals surface area (Å²) in [5, 5.41) is 4.31. The molecule has 2 aromatic carbocycles. The van der Waals surface area contributed by atoms with Crippen LogP contribution in [0, 0.1) is 0 Å². The summed E-state index contributed by atoms with van der Waals surface area (Å²) in [6, 6.07) is 18.9. The summed E-state index contributed by atoms with van der Waals surface area (Å²) in [5.41, 5.74) is 3.83. The highest BCUT2D eigenvalue weighted by Crippen LogP contribution is 2.31. The summed E-state index contributed by atoms with van der Waals surface area (Å²) in [5.74, 6) is -0.0997. The van der Waals surface area contributed by atoms with Gasteiger partial charge in [0.1, 0.15) is 11.0 Å². The van der Waals surface area contributed by atoms with E-state index in [1.165, 1.54) is 18.3 Å². The number of aromatic nitrogens is 3.